The summed E-state index contributed by atoms with van der Waals surface area (Å²) in [5.74, 6) is 0.766. The van der Waals surface area contributed by atoms with Crippen LogP contribution in [0.1, 0.15) is 39.0 Å². The predicted octanol–water partition coefficient (Wildman–Crippen LogP) is 1.25. The minimum atomic E-state index is -0.147. The maximum Gasteiger partial charge on any atom is 0.315 e. The van der Waals surface area contributed by atoms with E-state index in [-0.39, 0.29) is 12.6 Å². The first kappa shape index (κ1) is 12.3. The van der Waals surface area contributed by atoms with Crippen LogP contribution in [0, 0.1) is 5.92 Å². The lowest BCUT2D eigenvalue weighted by Gasteiger charge is -2.29. The Labute approximate surface area is 91.4 Å². The van der Waals surface area contributed by atoms with Crippen molar-refractivity contribution in [3.8, 4) is 0 Å². The van der Waals surface area contributed by atoms with Gasteiger partial charge in [-0.05, 0) is 18.8 Å². The van der Waals surface area contributed by atoms with Crippen LogP contribution in [0.3, 0.4) is 0 Å². The van der Waals surface area contributed by atoms with E-state index in [9.17, 15) is 4.79 Å². The monoisotopic (exact) mass is 214 g/mol. The number of rotatable bonds is 4. The molecule has 15 heavy (non-hydrogen) atoms. The molecule has 0 bridgehead atoms. The van der Waals surface area contributed by atoms with Gasteiger partial charge in [0.1, 0.15) is 0 Å². The molecule has 3 N–H and O–H groups in total. The zero-order chi connectivity index (χ0) is 11.1. The molecule has 1 aliphatic rings. The number of aliphatic hydroxyl groups is 1. The summed E-state index contributed by atoms with van der Waals surface area (Å²) in [5.41, 5.74) is 0. The van der Waals surface area contributed by atoms with Gasteiger partial charge in [-0.25, -0.2) is 4.79 Å². The van der Waals surface area contributed by atoms with E-state index in [0.717, 1.165) is 18.8 Å². The Hall–Kier alpha value is -0.770. The van der Waals surface area contributed by atoms with E-state index >= 15 is 0 Å². The van der Waals surface area contributed by atoms with Crippen LogP contribution < -0.4 is 10.6 Å². The molecule has 1 fully saturated rings. The van der Waals surface area contributed by atoms with Crippen molar-refractivity contribution in [1.82, 2.24) is 10.6 Å². The fraction of sp³-hybridized carbons (Fsp3) is 0.909. The number of hydrogen-bond acceptors (Lipinski definition) is 2. The molecule has 2 amide bonds. The van der Waals surface area contributed by atoms with Crippen LogP contribution >= 0.6 is 0 Å². The first-order chi connectivity index (χ1) is 7.26. The molecule has 0 spiro atoms. The normalized spacial score (nSPS) is 26.0. The summed E-state index contributed by atoms with van der Waals surface area (Å²) in [6.45, 7) is 2.53. The number of carbonyl (C=O) groups is 1. The summed E-state index contributed by atoms with van der Waals surface area (Å²) in [6, 6.07) is 0.174. The van der Waals surface area contributed by atoms with Gasteiger partial charge in [0, 0.05) is 12.6 Å². The van der Waals surface area contributed by atoms with Crippen LogP contribution in [0.25, 0.3) is 0 Å². The molecule has 4 heteroatoms. The van der Waals surface area contributed by atoms with Gasteiger partial charge in [0.2, 0.25) is 0 Å². The molecule has 1 saturated carbocycles. The first-order valence-corrected chi connectivity index (χ1v) is 5.91. The molecular weight excluding hydrogens is 192 g/mol. The molecule has 0 heterocycles. The third-order valence-electron chi connectivity index (χ3n) is 3.09. The van der Waals surface area contributed by atoms with E-state index in [4.69, 9.17) is 5.11 Å². The number of amides is 2. The highest BCUT2D eigenvalue weighted by atomic mass is 16.3. The molecule has 0 aromatic carbocycles. The molecule has 1 aliphatic carbocycles. The van der Waals surface area contributed by atoms with E-state index in [2.05, 4.69) is 17.6 Å². The highest BCUT2D eigenvalue weighted by Gasteiger charge is 2.21. The second-order valence-electron chi connectivity index (χ2n) is 4.26. The first-order valence-electron chi connectivity index (χ1n) is 5.91. The van der Waals surface area contributed by atoms with Gasteiger partial charge >= 0.3 is 6.03 Å². The number of nitrogens with one attached hydrogen (secondary N) is 2. The van der Waals surface area contributed by atoms with Crippen molar-refractivity contribution in [3.63, 3.8) is 0 Å². The Morgan fingerprint density at radius 1 is 1.47 bits per heavy atom. The number of aliphatic hydroxyl groups excluding tert-OH is 1. The van der Waals surface area contributed by atoms with Gasteiger partial charge in [-0.2, -0.15) is 0 Å². The maximum absolute atomic E-state index is 11.3. The van der Waals surface area contributed by atoms with E-state index in [0.29, 0.717) is 12.6 Å². The molecule has 1 rings (SSSR count). The van der Waals surface area contributed by atoms with E-state index in [1.54, 1.807) is 0 Å². The highest BCUT2D eigenvalue weighted by Crippen LogP contribution is 2.26. The minimum Gasteiger partial charge on any atom is -0.395 e. The summed E-state index contributed by atoms with van der Waals surface area (Å²) in [5, 5.41) is 14.1. The van der Waals surface area contributed by atoms with Crippen LogP contribution in [0.5, 0.6) is 0 Å². The van der Waals surface area contributed by atoms with Crippen molar-refractivity contribution < 1.29 is 9.90 Å². The van der Waals surface area contributed by atoms with Crippen LogP contribution in [0.2, 0.25) is 0 Å². The summed E-state index contributed by atoms with van der Waals surface area (Å²) in [6.07, 6.45) is 5.90. The lowest BCUT2D eigenvalue weighted by atomic mass is 9.84. The Bertz CT molecular complexity index is 197. The Balaban J connectivity index is 2.22. The second-order valence-corrected chi connectivity index (χ2v) is 4.26. The molecule has 0 saturated heterocycles. The van der Waals surface area contributed by atoms with Gasteiger partial charge in [-0.15, -0.1) is 0 Å². The van der Waals surface area contributed by atoms with Crippen molar-refractivity contribution in [2.45, 2.75) is 45.1 Å². The average Bonchev–Trinajstić information content (AvgIpc) is 2.26. The van der Waals surface area contributed by atoms with Crippen molar-refractivity contribution in [2.24, 2.45) is 5.92 Å². The fourth-order valence-electron chi connectivity index (χ4n) is 2.20. The molecule has 4 nitrogen and oxygen atoms in total. The fourth-order valence-corrected chi connectivity index (χ4v) is 2.20. The standard InChI is InChI=1S/C11H22N2O2/c1-2-9-4-3-5-10(8-9)13-11(15)12-6-7-14/h9-10,14H,2-8H2,1H3,(H2,12,13,15). The SMILES string of the molecule is CCC1CCCC(NC(=O)NCCO)C1. The molecule has 2 atom stereocenters. The molecule has 0 aliphatic heterocycles. The van der Waals surface area contributed by atoms with Crippen LogP contribution in [-0.4, -0.2) is 30.3 Å². The van der Waals surface area contributed by atoms with Gasteiger partial charge in [0.15, 0.2) is 0 Å². The van der Waals surface area contributed by atoms with Gasteiger partial charge < -0.3 is 15.7 Å². The Kier molecular flexibility index (Phi) is 5.47. The lowest BCUT2D eigenvalue weighted by molar-refractivity contribution is 0.219. The summed E-state index contributed by atoms with van der Waals surface area (Å²) >= 11 is 0. The van der Waals surface area contributed by atoms with Crippen LogP contribution in [-0.2, 0) is 0 Å². The van der Waals surface area contributed by atoms with Gasteiger partial charge in [0.25, 0.3) is 0 Å². The topological polar surface area (TPSA) is 61.4 Å². The van der Waals surface area contributed by atoms with Crippen molar-refractivity contribution in [1.29, 1.82) is 0 Å². The van der Waals surface area contributed by atoms with Gasteiger partial charge in [-0.3, -0.25) is 0 Å². The predicted molar refractivity (Wildman–Crippen MR) is 59.7 cm³/mol. The van der Waals surface area contributed by atoms with Crippen LogP contribution in [0.15, 0.2) is 0 Å². The quantitative estimate of drug-likeness (QED) is 0.659. The number of carbonyl (C=O) groups excluding carboxylic acids is 1. The highest BCUT2D eigenvalue weighted by molar-refractivity contribution is 5.74. The van der Waals surface area contributed by atoms with E-state index < -0.39 is 0 Å². The maximum atomic E-state index is 11.3. The molecule has 2 unspecified atom stereocenters. The third kappa shape index (κ3) is 4.51. The van der Waals surface area contributed by atoms with Crippen LogP contribution in [0.4, 0.5) is 4.79 Å². The number of hydrogen-bond donors (Lipinski definition) is 3. The lowest BCUT2D eigenvalue weighted by Crippen LogP contribution is -2.44. The van der Waals surface area contributed by atoms with E-state index in [1.165, 1.54) is 19.3 Å². The summed E-state index contributed by atoms with van der Waals surface area (Å²) < 4.78 is 0. The van der Waals surface area contributed by atoms with E-state index in [1.807, 2.05) is 0 Å². The average molecular weight is 214 g/mol. The Morgan fingerprint density at radius 2 is 2.27 bits per heavy atom. The Morgan fingerprint density at radius 3 is 2.93 bits per heavy atom. The van der Waals surface area contributed by atoms with Gasteiger partial charge in [-0.1, -0.05) is 26.2 Å². The molecular formula is C11H22N2O2. The molecule has 0 radical (unpaired) electrons. The van der Waals surface area contributed by atoms with Crippen molar-refractivity contribution in [2.75, 3.05) is 13.2 Å². The zero-order valence-electron chi connectivity index (χ0n) is 9.46. The molecule has 0 aromatic heterocycles. The largest absolute Gasteiger partial charge is 0.395 e. The summed E-state index contributed by atoms with van der Waals surface area (Å²) in [7, 11) is 0. The van der Waals surface area contributed by atoms with Gasteiger partial charge in [0.05, 0.1) is 6.61 Å². The zero-order valence-corrected chi connectivity index (χ0v) is 9.46. The van der Waals surface area contributed by atoms with Crippen molar-refractivity contribution >= 4 is 6.03 Å². The third-order valence-corrected chi connectivity index (χ3v) is 3.09. The van der Waals surface area contributed by atoms with Crippen molar-refractivity contribution in [3.05, 3.63) is 0 Å². The number of urea groups is 1. The summed E-state index contributed by atoms with van der Waals surface area (Å²) in [4.78, 5) is 11.3. The minimum absolute atomic E-state index is 0.00429. The smallest absolute Gasteiger partial charge is 0.315 e. The molecule has 88 valence electrons. The molecule has 0 aromatic rings. The second kappa shape index (κ2) is 6.67.